The second-order valence-corrected chi connectivity index (χ2v) is 5.15. The number of quaternary nitrogens is 1. The first kappa shape index (κ1) is 17.0. The molecule has 0 bridgehead atoms. The van der Waals surface area contributed by atoms with E-state index in [0.29, 0.717) is 13.0 Å². The SMILES string of the molecule is CC[NH+](CC)CC.O=P([O-])(O)OC1CCNC1. The van der Waals surface area contributed by atoms with Gasteiger partial charge in [-0.25, -0.2) is 0 Å². The Morgan fingerprint density at radius 1 is 1.41 bits per heavy atom. The Kier molecular flexibility index (Phi) is 9.04. The molecule has 0 aromatic rings. The molecule has 0 aromatic carbocycles. The molecule has 2 atom stereocenters. The Hall–Kier alpha value is 0.0300. The minimum atomic E-state index is -4.50. The van der Waals surface area contributed by atoms with Crippen LogP contribution in [-0.4, -0.2) is 43.7 Å². The van der Waals surface area contributed by atoms with Crippen LogP contribution in [0.4, 0.5) is 0 Å². The summed E-state index contributed by atoms with van der Waals surface area (Å²) in [6.07, 6.45) is 0.251. The van der Waals surface area contributed by atoms with Gasteiger partial charge >= 0.3 is 0 Å². The first-order chi connectivity index (χ1) is 7.92. The van der Waals surface area contributed by atoms with Gasteiger partial charge in [0.15, 0.2) is 0 Å². The summed E-state index contributed by atoms with van der Waals surface area (Å²) >= 11 is 0. The monoisotopic (exact) mass is 268 g/mol. The first-order valence-corrected chi connectivity index (χ1v) is 7.68. The van der Waals surface area contributed by atoms with Gasteiger partial charge in [-0.2, -0.15) is 0 Å². The number of hydrogen-bond acceptors (Lipinski definition) is 4. The molecular formula is C10H25N2O4P. The van der Waals surface area contributed by atoms with Crippen molar-refractivity contribution < 1.29 is 23.8 Å². The molecule has 0 amide bonds. The summed E-state index contributed by atoms with van der Waals surface area (Å²) in [5, 5.41) is 2.90. The molecule has 3 N–H and O–H groups in total. The quantitative estimate of drug-likeness (QED) is 0.543. The van der Waals surface area contributed by atoms with E-state index in [1.807, 2.05) is 0 Å². The molecule has 0 spiro atoms. The fourth-order valence-electron chi connectivity index (χ4n) is 1.66. The van der Waals surface area contributed by atoms with Crippen LogP contribution in [0.1, 0.15) is 27.2 Å². The Balaban J connectivity index is 0.000000325. The van der Waals surface area contributed by atoms with Crippen LogP contribution in [0.3, 0.4) is 0 Å². The molecule has 2 unspecified atom stereocenters. The van der Waals surface area contributed by atoms with E-state index in [-0.39, 0.29) is 6.10 Å². The molecule has 1 fully saturated rings. The summed E-state index contributed by atoms with van der Waals surface area (Å²) in [6.45, 7) is 11.7. The van der Waals surface area contributed by atoms with Crippen LogP contribution in [0, 0.1) is 0 Å². The average Bonchev–Trinajstić information content (AvgIpc) is 2.71. The molecule has 0 aliphatic carbocycles. The third kappa shape index (κ3) is 9.71. The largest absolute Gasteiger partial charge is 0.756 e. The summed E-state index contributed by atoms with van der Waals surface area (Å²) < 4.78 is 14.4. The van der Waals surface area contributed by atoms with Crippen molar-refractivity contribution in [2.24, 2.45) is 0 Å². The molecular weight excluding hydrogens is 243 g/mol. The van der Waals surface area contributed by atoms with E-state index in [0.717, 1.165) is 6.54 Å². The summed E-state index contributed by atoms with van der Waals surface area (Å²) in [6, 6.07) is 0. The Morgan fingerprint density at radius 2 is 1.94 bits per heavy atom. The van der Waals surface area contributed by atoms with Crippen molar-refractivity contribution in [1.29, 1.82) is 0 Å². The predicted molar refractivity (Wildman–Crippen MR) is 64.8 cm³/mol. The summed E-state index contributed by atoms with van der Waals surface area (Å²) in [5.74, 6) is 0. The minimum absolute atomic E-state index is 0.381. The van der Waals surface area contributed by atoms with Crippen molar-refractivity contribution >= 4 is 7.82 Å². The van der Waals surface area contributed by atoms with Crippen molar-refractivity contribution in [2.75, 3.05) is 32.7 Å². The van der Waals surface area contributed by atoms with E-state index in [4.69, 9.17) is 4.89 Å². The lowest BCUT2D eigenvalue weighted by Crippen LogP contribution is -3.11. The summed E-state index contributed by atoms with van der Waals surface area (Å²) in [5.41, 5.74) is 0. The van der Waals surface area contributed by atoms with Crippen LogP contribution in [-0.2, 0) is 9.09 Å². The minimum Gasteiger partial charge on any atom is -0.756 e. The molecule has 17 heavy (non-hydrogen) atoms. The van der Waals surface area contributed by atoms with Gasteiger partial charge in [0.25, 0.3) is 7.82 Å². The van der Waals surface area contributed by atoms with Gasteiger partial charge in [0.2, 0.25) is 0 Å². The van der Waals surface area contributed by atoms with Crippen molar-refractivity contribution in [2.45, 2.75) is 33.3 Å². The zero-order valence-electron chi connectivity index (χ0n) is 10.9. The van der Waals surface area contributed by atoms with Crippen molar-refractivity contribution in [3.05, 3.63) is 0 Å². The number of nitrogens with one attached hydrogen (secondary N) is 2. The van der Waals surface area contributed by atoms with Crippen LogP contribution in [0.25, 0.3) is 0 Å². The van der Waals surface area contributed by atoms with E-state index >= 15 is 0 Å². The molecule has 1 rings (SSSR count). The van der Waals surface area contributed by atoms with Crippen molar-refractivity contribution in [3.63, 3.8) is 0 Å². The van der Waals surface area contributed by atoms with Crippen molar-refractivity contribution in [1.82, 2.24) is 5.32 Å². The predicted octanol–water partition coefficient (Wildman–Crippen LogP) is -1.24. The van der Waals surface area contributed by atoms with Crippen LogP contribution in [0.5, 0.6) is 0 Å². The average molecular weight is 268 g/mol. The standard InChI is InChI=1S/C6H15N.C4H10NO4P/c1-4-7(5-2)6-3;6-10(7,8)9-4-1-2-5-3-4/h4-6H2,1-3H3;4-5H,1-3H2,(H2,6,7,8). The normalized spacial score (nSPS) is 23.1. The highest BCUT2D eigenvalue weighted by Gasteiger charge is 2.18. The fourth-order valence-corrected chi connectivity index (χ4v) is 2.21. The molecule has 1 aliphatic rings. The Labute approximate surface area is 104 Å². The maximum Gasteiger partial charge on any atom is 0.265 e. The van der Waals surface area contributed by atoms with Gasteiger partial charge in [-0.15, -0.1) is 0 Å². The van der Waals surface area contributed by atoms with E-state index in [1.165, 1.54) is 19.6 Å². The Morgan fingerprint density at radius 3 is 2.18 bits per heavy atom. The van der Waals surface area contributed by atoms with Crippen LogP contribution in [0.15, 0.2) is 0 Å². The van der Waals surface area contributed by atoms with Crippen LogP contribution < -0.4 is 15.1 Å². The second kappa shape index (κ2) is 9.03. The van der Waals surface area contributed by atoms with Crippen LogP contribution >= 0.6 is 7.82 Å². The van der Waals surface area contributed by atoms with E-state index in [9.17, 15) is 9.46 Å². The molecule has 1 heterocycles. The highest BCUT2D eigenvalue weighted by atomic mass is 31.2. The van der Waals surface area contributed by atoms with Gasteiger partial charge in [0.1, 0.15) is 0 Å². The van der Waals surface area contributed by atoms with Gasteiger partial charge in [-0.3, -0.25) is 4.57 Å². The second-order valence-electron chi connectivity index (χ2n) is 4.00. The number of phosphoric ester groups is 1. The molecule has 7 heteroatoms. The molecule has 0 aromatic heterocycles. The smallest absolute Gasteiger partial charge is 0.265 e. The van der Waals surface area contributed by atoms with E-state index in [1.54, 1.807) is 4.90 Å². The topological polar surface area (TPSA) is 86.1 Å². The van der Waals surface area contributed by atoms with Crippen molar-refractivity contribution in [3.8, 4) is 0 Å². The lowest BCUT2D eigenvalue weighted by atomic mass is 10.3. The lowest BCUT2D eigenvalue weighted by Gasteiger charge is -2.19. The zero-order valence-corrected chi connectivity index (χ0v) is 11.8. The van der Waals surface area contributed by atoms with Crippen LogP contribution in [0.2, 0.25) is 0 Å². The zero-order chi connectivity index (χ0) is 13.3. The Bertz CT molecular complexity index is 219. The number of rotatable bonds is 5. The highest BCUT2D eigenvalue weighted by molar-refractivity contribution is 7.44. The molecule has 1 aliphatic heterocycles. The third-order valence-electron chi connectivity index (χ3n) is 2.80. The molecule has 0 radical (unpaired) electrons. The van der Waals surface area contributed by atoms with E-state index < -0.39 is 7.82 Å². The van der Waals surface area contributed by atoms with Gasteiger partial charge in [-0.05, 0) is 33.7 Å². The summed E-state index contributed by atoms with van der Waals surface area (Å²) in [7, 11) is -4.50. The van der Waals surface area contributed by atoms with E-state index in [2.05, 4.69) is 30.6 Å². The lowest BCUT2D eigenvalue weighted by molar-refractivity contribution is -0.894. The van der Waals surface area contributed by atoms with Gasteiger partial charge in [-0.1, -0.05) is 0 Å². The summed E-state index contributed by atoms with van der Waals surface area (Å²) in [4.78, 5) is 20.0. The molecule has 6 nitrogen and oxygen atoms in total. The molecule has 104 valence electrons. The highest BCUT2D eigenvalue weighted by Crippen LogP contribution is 2.33. The molecule has 1 saturated heterocycles. The first-order valence-electron chi connectivity index (χ1n) is 6.19. The van der Waals surface area contributed by atoms with Gasteiger partial charge in [0, 0.05) is 6.54 Å². The maximum atomic E-state index is 10.1. The van der Waals surface area contributed by atoms with Gasteiger partial charge < -0.3 is 24.5 Å². The third-order valence-corrected chi connectivity index (χ3v) is 3.36. The fraction of sp³-hybridized carbons (Fsp3) is 1.00. The number of hydrogen-bond donors (Lipinski definition) is 3. The number of phosphoric acid groups is 1. The maximum absolute atomic E-state index is 10.1. The van der Waals surface area contributed by atoms with Gasteiger partial charge in [0.05, 0.1) is 25.7 Å². The molecule has 0 saturated carbocycles.